The number of hydrogen-bond acceptors (Lipinski definition) is 3. The molecule has 4 heteroatoms. The second-order valence-electron chi connectivity index (χ2n) is 4.44. The lowest BCUT2D eigenvalue weighted by Gasteiger charge is -2.25. The number of nitrogens with zero attached hydrogens (tertiary/aromatic N) is 2. The summed E-state index contributed by atoms with van der Waals surface area (Å²) >= 11 is 0. The van der Waals surface area contributed by atoms with Crippen molar-refractivity contribution >= 4 is 17.0 Å². The van der Waals surface area contributed by atoms with E-state index in [0.717, 1.165) is 28.2 Å². The van der Waals surface area contributed by atoms with Crippen molar-refractivity contribution in [2.75, 3.05) is 5.32 Å². The number of para-hydroxylation sites is 3. The fraction of sp³-hybridized carbons (Fsp3) is 0.0714. The molecule has 1 aliphatic heterocycles. The number of fused-ring (bicyclic) bond motifs is 5. The van der Waals surface area contributed by atoms with Crippen LogP contribution in [0.25, 0.3) is 16.7 Å². The quantitative estimate of drug-likeness (QED) is 0.630. The minimum Gasteiger partial charge on any atom is -0.336 e. The molecule has 3 N–H and O–H groups in total. The van der Waals surface area contributed by atoms with Crippen molar-refractivity contribution in [3.63, 3.8) is 0 Å². The first-order chi connectivity index (χ1) is 8.84. The Morgan fingerprint density at radius 1 is 1.06 bits per heavy atom. The van der Waals surface area contributed by atoms with Gasteiger partial charge in [-0.05, 0) is 18.2 Å². The first-order valence-corrected chi connectivity index (χ1v) is 5.93. The standard InChI is InChI=1S/C14H12N4/c15-13-9-5-1-3-7-11(9)18-12-8-4-2-6-10(12)16-14(18)17-13/h1-8,13H,15H2,(H,16,17). The van der Waals surface area contributed by atoms with Gasteiger partial charge in [-0.1, -0.05) is 30.3 Å². The molecule has 0 bridgehead atoms. The number of anilines is 1. The van der Waals surface area contributed by atoms with Gasteiger partial charge < -0.3 is 11.1 Å². The molecule has 0 saturated heterocycles. The minimum atomic E-state index is -0.203. The minimum absolute atomic E-state index is 0.203. The van der Waals surface area contributed by atoms with Gasteiger partial charge in [0.25, 0.3) is 0 Å². The predicted molar refractivity (Wildman–Crippen MR) is 71.6 cm³/mol. The van der Waals surface area contributed by atoms with Crippen molar-refractivity contribution < 1.29 is 0 Å². The van der Waals surface area contributed by atoms with Crippen LogP contribution in [-0.4, -0.2) is 9.55 Å². The van der Waals surface area contributed by atoms with Crippen LogP contribution in [0.4, 0.5) is 5.95 Å². The molecular formula is C14H12N4. The summed E-state index contributed by atoms with van der Waals surface area (Å²) in [5, 5.41) is 3.24. The lowest BCUT2D eigenvalue weighted by molar-refractivity contribution is 0.774. The molecule has 0 aliphatic carbocycles. The second-order valence-corrected chi connectivity index (χ2v) is 4.44. The summed E-state index contributed by atoms with van der Waals surface area (Å²) in [6.45, 7) is 0. The summed E-state index contributed by atoms with van der Waals surface area (Å²) in [5.41, 5.74) is 10.4. The summed E-state index contributed by atoms with van der Waals surface area (Å²) in [5.74, 6) is 0.808. The molecule has 0 amide bonds. The van der Waals surface area contributed by atoms with E-state index in [4.69, 9.17) is 5.73 Å². The fourth-order valence-corrected chi connectivity index (χ4v) is 2.54. The summed E-state index contributed by atoms with van der Waals surface area (Å²) in [6.07, 6.45) is -0.203. The van der Waals surface area contributed by atoms with Crippen LogP contribution in [0.1, 0.15) is 11.7 Å². The van der Waals surface area contributed by atoms with E-state index in [2.05, 4.69) is 27.0 Å². The van der Waals surface area contributed by atoms with Gasteiger partial charge in [0.15, 0.2) is 0 Å². The van der Waals surface area contributed by atoms with E-state index in [1.807, 2.05) is 36.4 Å². The first kappa shape index (κ1) is 9.67. The lowest BCUT2D eigenvalue weighted by atomic mass is 10.1. The SMILES string of the molecule is NC1Nc2nc3ccccc3n2-c2ccccc21. The average Bonchev–Trinajstić information content (AvgIpc) is 2.77. The zero-order valence-electron chi connectivity index (χ0n) is 9.67. The zero-order chi connectivity index (χ0) is 12.1. The van der Waals surface area contributed by atoms with Crippen LogP contribution in [-0.2, 0) is 0 Å². The number of nitrogens with two attached hydrogens (primary N) is 1. The van der Waals surface area contributed by atoms with Crippen LogP contribution in [0.3, 0.4) is 0 Å². The van der Waals surface area contributed by atoms with E-state index in [1.54, 1.807) is 0 Å². The summed E-state index contributed by atoms with van der Waals surface area (Å²) in [4.78, 5) is 4.57. The number of nitrogens with one attached hydrogen (secondary N) is 1. The van der Waals surface area contributed by atoms with Crippen molar-refractivity contribution in [3.05, 3.63) is 54.1 Å². The van der Waals surface area contributed by atoms with E-state index >= 15 is 0 Å². The molecule has 1 atom stereocenters. The molecule has 0 fully saturated rings. The Morgan fingerprint density at radius 3 is 2.78 bits per heavy atom. The number of rotatable bonds is 0. The van der Waals surface area contributed by atoms with E-state index in [9.17, 15) is 0 Å². The van der Waals surface area contributed by atoms with Gasteiger partial charge in [-0.2, -0.15) is 0 Å². The molecule has 0 radical (unpaired) electrons. The highest BCUT2D eigenvalue weighted by Gasteiger charge is 2.23. The smallest absolute Gasteiger partial charge is 0.210 e. The van der Waals surface area contributed by atoms with Crippen LogP contribution in [0.2, 0.25) is 0 Å². The Kier molecular flexibility index (Phi) is 1.79. The third-order valence-corrected chi connectivity index (χ3v) is 3.36. The maximum Gasteiger partial charge on any atom is 0.210 e. The number of aromatic nitrogens is 2. The Hall–Kier alpha value is -2.33. The van der Waals surface area contributed by atoms with Gasteiger partial charge in [0.1, 0.15) is 6.17 Å². The topological polar surface area (TPSA) is 55.9 Å². The van der Waals surface area contributed by atoms with E-state index in [1.165, 1.54) is 0 Å². The van der Waals surface area contributed by atoms with Crippen LogP contribution in [0.5, 0.6) is 0 Å². The molecule has 2 aromatic carbocycles. The van der Waals surface area contributed by atoms with Crippen LogP contribution >= 0.6 is 0 Å². The molecule has 0 spiro atoms. The fourth-order valence-electron chi connectivity index (χ4n) is 2.54. The molecule has 18 heavy (non-hydrogen) atoms. The van der Waals surface area contributed by atoms with E-state index in [0.29, 0.717) is 0 Å². The third-order valence-electron chi connectivity index (χ3n) is 3.36. The monoisotopic (exact) mass is 236 g/mol. The first-order valence-electron chi connectivity index (χ1n) is 5.93. The zero-order valence-corrected chi connectivity index (χ0v) is 9.67. The van der Waals surface area contributed by atoms with Gasteiger partial charge in [-0.25, -0.2) is 4.98 Å². The van der Waals surface area contributed by atoms with Gasteiger partial charge in [-0.15, -0.1) is 0 Å². The van der Waals surface area contributed by atoms with Crippen LogP contribution in [0, 0.1) is 0 Å². The largest absolute Gasteiger partial charge is 0.336 e. The normalized spacial score (nSPS) is 17.1. The van der Waals surface area contributed by atoms with Gasteiger partial charge in [0.05, 0.1) is 16.7 Å². The predicted octanol–water partition coefficient (Wildman–Crippen LogP) is 2.41. The Bertz CT molecular complexity index is 744. The van der Waals surface area contributed by atoms with Crippen molar-refractivity contribution in [3.8, 4) is 5.69 Å². The second kappa shape index (κ2) is 3.34. The Balaban J connectivity index is 2.13. The van der Waals surface area contributed by atoms with Crippen molar-refractivity contribution in [2.45, 2.75) is 6.17 Å². The van der Waals surface area contributed by atoms with Crippen LogP contribution < -0.4 is 11.1 Å². The highest BCUT2D eigenvalue weighted by molar-refractivity contribution is 5.82. The number of imidazole rings is 1. The highest BCUT2D eigenvalue weighted by atomic mass is 15.3. The molecular weight excluding hydrogens is 224 g/mol. The molecule has 0 saturated carbocycles. The molecule has 3 aromatic rings. The van der Waals surface area contributed by atoms with Crippen molar-refractivity contribution in [2.24, 2.45) is 5.73 Å². The Labute approximate surface area is 104 Å². The molecule has 1 aromatic heterocycles. The summed E-state index contributed by atoms with van der Waals surface area (Å²) in [6, 6.07) is 16.2. The number of hydrogen-bond donors (Lipinski definition) is 2. The maximum absolute atomic E-state index is 6.12. The summed E-state index contributed by atoms with van der Waals surface area (Å²) < 4.78 is 2.12. The van der Waals surface area contributed by atoms with E-state index < -0.39 is 0 Å². The Morgan fingerprint density at radius 2 is 1.83 bits per heavy atom. The molecule has 1 unspecified atom stereocenters. The molecule has 1 aliphatic rings. The number of benzene rings is 2. The third kappa shape index (κ3) is 1.15. The van der Waals surface area contributed by atoms with Gasteiger partial charge in [-0.3, -0.25) is 4.57 Å². The maximum atomic E-state index is 6.12. The van der Waals surface area contributed by atoms with Gasteiger partial charge in [0, 0.05) is 5.56 Å². The molecule has 2 heterocycles. The lowest BCUT2D eigenvalue weighted by Crippen LogP contribution is -2.27. The highest BCUT2D eigenvalue weighted by Crippen LogP contribution is 2.33. The van der Waals surface area contributed by atoms with Gasteiger partial charge in [0.2, 0.25) is 5.95 Å². The molecule has 4 nitrogen and oxygen atoms in total. The van der Waals surface area contributed by atoms with Gasteiger partial charge >= 0.3 is 0 Å². The van der Waals surface area contributed by atoms with E-state index in [-0.39, 0.29) is 6.17 Å². The summed E-state index contributed by atoms with van der Waals surface area (Å²) in [7, 11) is 0. The van der Waals surface area contributed by atoms with Crippen molar-refractivity contribution in [1.82, 2.24) is 9.55 Å². The van der Waals surface area contributed by atoms with Crippen LogP contribution in [0.15, 0.2) is 48.5 Å². The molecule has 4 rings (SSSR count). The van der Waals surface area contributed by atoms with Crippen molar-refractivity contribution in [1.29, 1.82) is 0 Å². The average molecular weight is 236 g/mol. The molecule has 88 valence electrons.